The number of nitrogens with two attached hydrogens (primary N) is 1. The van der Waals surface area contributed by atoms with Crippen molar-refractivity contribution in [2.45, 2.75) is 24.5 Å². The summed E-state index contributed by atoms with van der Waals surface area (Å²) in [6.45, 7) is -0.618. The molecule has 4 atom stereocenters. The maximum absolute atomic E-state index is 10.6. The van der Waals surface area contributed by atoms with Crippen molar-refractivity contribution in [1.29, 1.82) is 5.41 Å². The number of amidine groups is 1. The van der Waals surface area contributed by atoms with E-state index in [9.17, 15) is 14.8 Å². The van der Waals surface area contributed by atoms with Crippen molar-refractivity contribution in [3.8, 4) is 0 Å². The van der Waals surface area contributed by atoms with Gasteiger partial charge in [0.25, 0.3) is 0 Å². The molecule has 1 saturated heterocycles. The highest BCUT2D eigenvalue weighted by molar-refractivity contribution is 7.46. The van der Waals surface area contributed by atoms with E-state index in [1.54, 1.807) is 0 Å². The van der Waals surface area contributed by atoms with Gasteiger partial charge in [0, 0.05) is 0 Å². The highest BCUT2D eigenvalue weighted by Gasteiger charge is 2.45. The predicted octanol–water partition coefficient (Wildman–Crippen LogP) is -2.71. The summed E-state index contributed by atoms with van der Waals surface area (Å²) in [5.41, 5.74) is 5.20. The third-order valence-corrected chi connectivity index (χ3v) is 3.24. The van der Waals surface area contributed by atoms with E-state index in [-0.39, 0.29) is 11.7 Å². The van der Waals surface area contributed by atoms with Crippen molar-refractivity contribution in [1.82, 2.24) is 14.8 Å². The maximum atomic E-state index is 10.6. The fourth-order valence-electron chi connectivity index (χ4n) is 1.78. The van der Waals surface area contributed by atoms with Crippen LogP contribution < -0.4 is 5.73 Å². The first kappa shape index (κ1) is 16.0. The third kappa shape index (κ3) is 3.63. The summed E-state index contributed by atoms with van der Waals surface area (Å²) in [6, 6.07) is 0. The predicted molar refractivity (Wildman–Crippen MR) is 65.0 cm³/mol. The molecule has 21 heavy (non-hydrogen) atoms. The molecule has 0 unspecified atom stereocenters. The summed E-state index contributed by atoms with van der Waals surface area (Å²) in [6.07, 6.45) is -4.03. The Morgan fingerprint density at radius 2 is 2.19 bits per heavy atom. The van der Waals surface area contributed by atoms with Gasteiger partial charge in [0.05, 0.1) is 6.61 Å². The van der Waals surface area contributed by atoms with Gasteiger partial charge in [-0.25, -0.2) is 14.2 Å². The van der Waals surface area contributed by atoms with E-state index in [1.807, 2.05) is 0 Å². The topological polar surface area (TPSA) is 197 Å². The number of aliphatic hydroxyl groups is 2. The second kappa shape index (κ2) is 5.77. The number of ether oxygens (including phenoxy) is 1. The van der Waals surface area contributed by atoms with E-state index >= 15 is 0 Å². The molecule has 7 N–H and O–H groups in total. The summed E-state index contributed by atoms with van der Waals surface area (Å²) in [5, 5.41) is 30.6. The van der Waals surface area contributed by atoms with Gasteiger partial charge in [0.1, 0.15) is 24.6 Å². The van der Waals surface area contributed by atoms with E-state index < -0.39 is 39.0 Å². The molecular weight excluding hydrogens is 309 g/mol. The highest BCUT2D eigenvalue weighted by atomic mass is 31.2. The molecule has 1 aliphatic rings. The first-order chi connectivity index (χ1) is 9.69. The van der Waals surface area contributed by atoms with Crippen molar-refractivity contribution in [3.63, 3.8) is 0 Å². The lowest BCUT2D eigenvalue weighted by molar-refractivity contribution is -0.0580. The van der Waals surface area contributed by atoms with Crippen LogP contribution in [0.2, 0.25) is 0 Å². The second-order valence-electron chi connectivity index (χ2n) is 4.29. The number of nitrogen functional groups attached to an aromatic ring is 1. The molecule has 13 heteroatoms. The van der Waals surface area contributed by atoms with Gasteiger partial charge in [0.2, 0.25) is 5.82 Å². The van der Waals surface area contributed by atoms with Crippen LogP contribution in [0.1, 0.15) is 12.1 Å². The zero-order valence-corrected chi connectivity index (χ0v) is 11.4. The standard InChI is InChI=1S/C8H14N5O7P/c9-6(10)7-11-2-13(12-7)8-5(15)4(14)3(20-8)1-19-21(16,17)18/h2-5,8,14-15H,1H2,(H3,9,10)(H2,16,17,18)/t3-,4-,5-,8-/m1/s1. The van der Waals surface area contributed by atoms with Crippen LogP contribution in [-0.2, 0) is 13.8 Å². The van der Waals surface area contributed by atoms with Crippen LogP contribution in [0.5, 0.6) is 0 Å². The number of nitrogens with one attached hydrogen (secondary N) is 1. The number of phosphoric acid groups is 1. The average molecular weight is 323 g/mol. The number of phosphoric ester groups is 1. The number of hydrogen-bond donors (Lipinski definition) is 6. The lowest BCUT2D eigenvalue weighted by Crippen LogP contribution is -2.33. The molecule has 0 saturated carbocycles. The van der Waals surface area contributed by atoms with Crippen LogP contribution >= 0.6 is 7.82 Å². The van der Waals surface area contributed by atoms with Crippen LogP contribution in [0.3, 0.4) is 0 Å². The van der Waals surface area contributed by atoms with Crippen molar-refractivity contribution in [2.75, 3.05) is 6.61 Å². The molecule has 0 bridgehead atoms. The summed E-state index contributed by atoms with van der Waals surface area (Å²) in [4.78, 5) is 20.9. The Labute approximate surface area is 117 Å². The van der Waals surface area contributed by atoms with Crippen molar-refractivity contribution >= 4 is 13.7 Å². The molecule has 118 valence electrons. The van der Waals surface area contributed by atoms with E-state index in [0.717, 1.165) is 11.0 Å². The van der Waals surface area contributed by atoms with E-state index in [1.165, 1.54) is 0 Å². The second-order valence-corrected chi connectivity index (χ2v) is 5.53. The molecular formula is C8H14N5O7P. The molecule has 0 radical (unpaired) electrons. The SMILES string of the molecule is N=C(N)c1ncn([C@@H]2O[C@H](COP(=O)(O)O)[C@@H](O)[C@H]2O)n1. The van der Waals surface area contributed by atoms with Gasteiger partial charge in [-0.3, -0.25) is 9.93 Å². The van der Waals surface area contributed by atoms with Crippen molar-refractivity contribution in [3.05, 3.63) is 12.2 Å². The summed E-state index contributed by atoms with van der Waals surface area (Å²) < 4.78 is 21.1. The molecule has 0 aliphatic carbocycles. The molecule has 12 nitrogen and oxygen atoms in total. The van der Waals surface area contributed by atoms with E-state index in [2.05, 4.69) is 14.6 Å². The summed E-state index contributed by atoms with van der Waals surface area (Å²) >= 11 is 0. The molecule has 1 aromatic heterocycles. The minimum Gasteiger partial charge on any atom is -0.387 e. The number of rotatable bonds is 5. The first-order valence-corrected chi connectivity index (χ1v) is 7.19. The first-order valence-electron chi connectivity index (χ1n) is 5.66. The molecule has 0 aromatic carbocycles. The fourth-order valence-corrected chi connectivity index (χ4v) is 2.12. The quantitative estimate of drug-likeness (QED) is 0.188. The smallest absolute Gasteiger partial charge is 0.387 e. The summed E-state index contributed by atoms with van der Waals surface area (Å²) in [7, 11) is -4.72. The Balaban J connectivity index is 2.08. The number of aliphatic hydroxyl groups excluding tert-OH is 2. The van der Waals surface area contributed by atoms with Crippen molar-refractivity contribution in [2.24, 2.45) is 5.73 Å². The zero-order valence-electron chi connectivity index (χ0n) is 10.5. The van der Waals surface area contributed by atoms with Crippen LogP contribution in [0.25, 0.3) is 0 Å². The van der Waals surface area contributed by atoms with Gasteiger partial charge in [-0.2, -0.15) is 0 Å². The summed E-state index contributed by atoms with van der Waals surface area (Å²) in [5.74, 6) is -0.474. The monoisotopic (exact) mass is 323 g/mol. The lowest BCUT2D eigenvalue weighted by Gasteiger charge is -2.14. The number of nitrogens with zero attached hydrogens (tertiary/aromatic N) is 3. The third-order valence-electron chi connectivity index (χ3n) is 2.75. The van der Waals surface area contributed by atoms with Gasteiger partial charge >= 0.3 is 7.82 Å². The van der Waals surface area contributed by atoms with Gasteiger partial charge in [-0.15, -0.1) is 5.10 Å². The molecule has 2 heterocycles. The Morgan fingerprint density at radius 1 is 1.52 bits per heavy atom. The average Bonchev–Trinajstić information content (AvgIpc) is 2.94. The Kier molecular flexibility index (Phi) is 4.39. The lowest BCUT2D eigenvalue weighted by atomic mass is 10.1. The maximum Gasteiger partial charge on any atom is 0.469 e. The molecule has 1 aliphatic heterocycles. The van der Waals surface area contributed by atoms with Gasteiger partial charge < -0.3 is 30.5 Å². The largest absolute Gasteiger partial charge is 0.469 e. The fraction of sp³-hybridized carbons (Fsp3) is 0.625. The molecule has 0 spiro atoms. The molecule has 1 fully saturated rings. The van der Waals surface area contributed by atoms with E-state index in [0.29, 0.717) is 0 Å². The van der Waals surface area contributed by atoms with Crippen LogP contribution in [0.15, 0.2) is 6.33 Å². The van der Waals surface area contributed by atoms with Gasteiger partial charge in [0.15, 0.2) is 12.1 Å². The van der Waals surface area contributed by atoms with Crippen LogP contribution in [-0.4, -0.2) is 65.5 Å². The number of aromatic nitrogens is 3. The Hall–Kier alpha value is -1.40. The van der Waals surface area contributed by atoms with Crippen LogP contribution in [0.4, 0.5) is 0 Å². The van der Waals surface area contributed by atoms with Crippen molar-refractivity contribution < 1.29 is 33.8 Å². The molecule has 1 aromatic rings. The minimum absolute atomic E-state index is 0.0878. The van der Waals surface area contributed by atoms with E-state index in [4.69, 9.17) is 25.7 Å². The minimum atomic E-state index is -4.72. The van der Waals surface area contributed by atoms with Crippen LogP contribution in [0, 0.1) is 5.41 Å². The normalized spacial score (nSPS) is 29.7. The Morgan fingerprint density at radius 3 is 2.71 bits per heavy atom. The Bertz CT molecular complexity index is 573. The van der Waals surface area contributed by atoms with Gasteiger partial charge in [-0.1, -0.05) is 0 Å². The van der Waals surface area contributed by atoms with Gasteiger partial charge in [-0.05, 0) is 0 Å². The number of hydrogen-bond acceptors (Lipinski definition) is 8. The molecule has 2 rings (SSSR count). The zero-order chi connectivity index (χ0) is 15.8. The molecule has 0 amide bonds. The highest BCUT2D eigenvalue weighted by Crippen LogP contribution is 2.38.